The number of ether oxygens (including phenoxy) is 2. The fraction of sp³-hybridized carbons (Fsp3) is 0.480. The summed E-state index contributed by atoms with van der Waals surface area (Å²) in [7, 11) is 0. The lowest BCUT2D eigenvalue weighted by atomic mass is 9.99. The number of rotatable bonds is 8. The van der Waals surface area contributed by atoms with Gasteiger partial charge in [-0.1, -0.05) is 57.2 Å². The molecule has 0 radical (unpaired) electrons. The van der Waals surface area contributed by atoms with E-state index in [2.05, 4.69) is 38.1 Å². The Balaban J connectivity index is 1.66. The van der Waals surface area contributed by atoms with Crippen molar-refractivity contribution in [1.29, 1.82) is 0 Å². The summed E-state index contributed by atoms with van der Waals surface area (Å²) in [5, 5.41) is 0. The molecule has 1 atom stereocenters. The van der Waals surface area contributed by atoms with Gasteiger partial charge in [-0.2, -0.15) is 0 Å². The van der Waals surface area contributed by atoms with Crippen LogP contribution in [0.4, 0.5) is 0 Å². The summed E-state index contributed by atoms with van der Waals surface area (Å²) in [4.78, 5) is 15.2. The summed E-state index contributed by atoms with van der Waals surface area (Å²) in [5.41, 5.74) is 2.36. The molecular weight excluding hydrogens is 362 g/mol. The third kappa shape index (κ3) is 6.25. The van der Waals surface area contributed by atoms with Gasteiger partial charge in [0.25, 0.3) is 0 Å². The van der Waals surface area contributed by atoms with Crippen molar-refractivity contribution >= 4 is 5.91 Å². The van der Waals surface area contributed by atoms with E-state index in [4.69, 9.17) is 9.47 Å². The number of nitrogens with zero attached hydrogens (tertiary/aromatic N) is 1. The quantitative estimate of drug-likeness (QED) is 0.624. The maximum atomic E-state index is 13.2. The van der Waals surface area contributed by atoms with E-state index in [1.165, 1.54) is 5.56 Å². The highest BCUT2D eigenvalue weighted by molar-refractivity contribution is 5.78. The molecule has 1 amide bonds. The van der Waals surface area contributed by atoms with Crippen molar-refractivity contribution in [3.05, 3.63) is 59.7 Å². The monoisotopic (exact) mass is 395 g/mol. The Kier molecular flexibility index (Phi) is 7.56. The maximum absolute atomic E-state index is 13.2. The number of hydrogen-bond donors (Lipinski definition) is 0. The van der Waals surface area contributed by atoms with Gasteiger partial charge in [-0.15, -0.1) is 0 Å². The van der Waals surface area contributed by atoms with Crippen LogP contribution in [0.5, 0.6) is 11.5 Å². The molecule has 156 valence electrons. The summed E-state index contributed by atoms with van der Waals surface area (Å²) in [6, 6.07) is 16.4. The predicted molar refractivity (Wildman–Crippen MR) is 116 cm³/mol. The highest BCUT2D eigenvalue weighted by atomic mass is 16.5. The summed E-state index contributed by atoms with van der Waals surface area (Å²) in [6.07, 6.45) is 2.67. The van der Waals surface area contributed by atoms with Crippen molar-refractivity contribution < 1.29 is 14.3 Å². The first kappa shape index (κ1) is 21.2. The van der Waals surface area contributed by atoms with Gasteiger partial charge < -0.3 is 14.4 Å². The lowest BCUT2D eigenvalue weighted by Gasteiger charge is -2.28. The van der Waals surface area contributed by atoms with Gasteiger partial charge in [-0.3, -0.25) is 4.79 Å². The normalized spacial score (nSPS) is 14.3. The lowest BCUT2D eigenvalue weighted by molar-refractivity contribution is -0.136. The molecule has 2 aromatic rings. The minimum absolute atomic E-state index is 0.00522. The van der Waals surface area contributed by atoms with Gasteiger partial charge in [0, 0.05) is 25.4 Å². The fourth-order valence-corrected chi connectivity index (χ4v) is 3.66. The molecule has 4 nitrogen and oxygen atoms in total. The standard InChI is InChI=1S/C25H33NO3/c1-19(2)17-26(25(27)20(3)10-11-21-8-5-4-6-9-21)18-22-12-13-23-24(16-22)29-15-7-14-28-23/h4-6,8-9,12-13,16,19-20H,7,10-11,14-15,17-18H2,1-3H3/t20-/m0/s1. The molecule has 1 heterocycles. The molecule has 0 N–H and O–H groups in total. The molecule has 0 saturated carbocycles. The zero-order chi connectivity index (χ0) is 20.6. The smallest absolute Gasteiger partial charge is 0.225 e. The second kappa shape index (κ2) is 10.3. The van der Waals surface area contributed by atoms with Gasteiger partial charge in [-0.25, -0.2) is 0 Å². The highest BCUT2D eigenvalue weighted by Gasteiger charge is 2.22. The van der Waals surface area contributed by atoms with Crippen LogP contribution in [-0.4, -0.2) is 30.6 Å². The van der Waals surface area contributed by atoms with Crippen LogP contribution in [0.15, 0.2) is 48.5 Å². The third-order valence-corrected chi connectivity index (χ3v) is 5.21. The Morgan fingerprint density at radius 2 is 1.69 bits per heavy atom. The number of amides is 1. The van der Waals surface area contributed by atoms with Crippen molar-refractivity contribution in [3.8, 4) is 11.5 Å². The second-order valence-electron chi connectivity index (χ2n) is 8.37. The molecule has 29 heavy (non-hydrogen) atoms. The zero-order valence-electron chi connectivity index (χ0n) is 17.9. The molecule has 0 saturated heterocycles. The van der Waals surface area contributed by atoms with Crippen LogP contribution in [0.3, 0.4) is 0 Å². The van der Waals surface area contributed by atoms with Gasteiger partial charge in [0.05, 0.1) is 13.2 Å². The summed E-state index contributed by atoms with van der Waals surface area (Å²) >= 11 is 0. The molecule has 2 aromatic carbocycles. The number of benzene rings is 2. The van der Waals surface area contributed by atoms with E-state index in [1.54, 1.807) is 0 Å². The van der Waals surface area contributed by atoms with Crippen LogP contribution in [0.2, 0.25) is 0 Å². The van der Waals surface area contributed by atoms with E-state index in [1.807, 2.05) is 36.1 Å². The van der Waals surface area contributed by atoms with Crippen LogP contribution in [-0.2, 0) is 17.8 Å². The first-order valence-corrected chi connectivity index (χ1v) is 10.7. The van der Waals surface area contributed by atoms with E-state index in [-0.39, 0.29) is 11.8 Å². The minimum atomic E-state index is -0.00522. The molecule has 3 rings (SSSR count). The van der Waals surface area contributed by atoms with Crippen molar-refractivity contribution in [2.24, 2.45) is 11.8 Å². The van der Waals surface area contributed by atoms with Crippen molar-refractivity contribution in [2.75, 3.05) is 19.8 Å². The molecule has 0 aromatic heterocycles. The van der Waals surface area contributed by atoms with Crippen LogP contribution in [0.1, 0.15) is 44.7 Å². The second-order valence-corrected chi connectivity index (χ2v) is 8.37. The Labute approximate surface area is 174 Å². The summed E-state index contributed by atoms with van der Waals surface area (Å²) < 4.78 is 11.5. The van der Waals surface area contributed by atoms with Gasteiger partial charge in [-0.05, 0) is 42.0 Å². The van der Waals surface area contributed by atoms with Crippen LogP contribution >= 0.6 is 0 Å². The van der Waals surface area contributed by atoms with E-state index in [0.717, 1.165) is 42.9 Å². The molecular formula is C25H33NO3. The number of fused-ring (bicyclic) bond motifs is 1. The highest BCUT2D eigenvalue weighted by Crippen LogP contribution is 2.31. The van der Waals surface area contributed by atoms with Gasteiger partial charge >= 0.3 is 0 Å². The topological polar surface area (TPSA) is 38.8 Å². The Bertz CT molecular complexity index is 788. The Hall–Kier alpha value is -2.49. The summed E-state index contributed by atoms with van der Waals surface area (Å²) in [5.74, 6) is 2.22. The molecule has 0 spiro atoms. The largest absolute Gasteiger partial charge is 0.490 e. The minimum Gasteiger partial charge on any atom is -0.490 e. The third-order valence-electron chi connectivity index (χ3n) is 5.21. The van der Waals surface area contributed by atoms with Crippen molar-refractivity contribution in [2.45, 2.75) is 46.6 Å². The molecule has 4 heteroatoms. The molecule has 0 fully saturated rings. The molecule has 0 bridgehead atoms. The van der Waals surface area contributed by atoms with Crippen molar-refractivity contribution in [1.82, 2.24) is 4.90 Å². The summed E-state index contributed by atoms with van der Waals surface area (Å²) in [6.45, 7) is 9.06. The fourth-order valence-electron chi connectivity index (χ4n) is 3.66. The van der Waals surface area contributed by atoms with E-state index >= 15 is 0 Å². The van der Waals surface area contributed by atoms with Crippen LogP contribution in [0, 0.1) is 11.8 Å². The first-order valence-electron chi connectivity index (χ1n) is 10.7. The van der Waals surface area contributed by atoms with Gasteiger partial charge in [0.2, 0.25) is 5.91 Å². The van der Waals surface area contributed by atoms with E-state index in [0.29, 0.717) is 25.7 Å². The number of carbonyl (C=O) groups excluding carboxylic acids is 1. The van der Waals surface area contributed by atoms with E-state index < -0.39 is 0 Å². The van der Waals surface area contributed by atoms with Gasteiger partial charge in [0.1, 0.15) is 0 Å². The van der Waals surface area contributed by atoms with Crippen LogP contribution in [0.25, 0.3) is 0 Å². The Morgan fingerprint density at radius 1 is 0.966 bits per heavy atom. The molecule has 1 aliphatic rings. The lowest BCUT2D eigenvalue weighted by Crippen LogP contribution is -2.37. The zero-order valence-corrected chi connectivity index (χ0v) is 17.9. The Morgan fingerprint density at radius 3 is 2.41 bits per heavy atom. The average Bonchev–Trinajstić information content (AvgIpc) is 2.96. The molecule has 0 aliphatic carbocycles. The SMILES string of the molecule is CC(C)CN(Cc1ccc2c(c1)OCCCO2)C(=O)[C@@H](C)CCc1ccccc1. The van der Waals surface area contributed by atoms with Gasteiger partial charge in [0.15, 0.2) is 11.5 Å². The number of carbonyl (C=O) groups is 1. The molecule has 0 unspecified atom stereocenters. The van der Waals surface area contributed by atoms with E-state index in [9.17, 15) is 4.79 Å². The average molecular weight is 396 g/mol. The van der Waals surface area contributed by atoms with Crippen LogP contribution < -0.4 is 9.47 Å². The molecule has 1 aliphatic heterocycles. The maximum Gasteiger partial charge on any atom is 0.225 e. The van der Waals surface area contributed by atoms with Crippen molar-refractivity contribution in [3.63, 3.8) is 0 Å². The number of hydrogen-bond acceptors (Lipinski definition) is 3. The first-order chi connectivity index (χ1) is 14.0. The predicted octanol–water partition coefficient (Wildman–Crippen LogP) is 5.10. The number of aryl methyl sites for hydroxylation is 1.